The Hall–Kier alpha value is -5.14. The highest BCUT2D eigenvalue weighted by Crippen LogP contribution is 2.35. The first-order valence-electron chi connectivity index (χ1n) is 14.9. The minimum atomic E-state index is -0.514. The number of non-ortho nitro benzene ring substituents is 1. The van der Waals surface area contributed by atoms with Crippen molar-refractivity contribution >= 4 is 46.3 Å². The Morgan fingerprint density at radius 2 is 1.74 bits per heavy atom. The molecule has 0 saturated carbocycles. The normalized spacial score (nSPS) is 14.2. The first-order valence-corrected chi connectivity index (χ1v) is 16.7. The van der Waals surface area contributed by atoms with Crippen LogP contribution in [0.1, 0.15) is 55.8 Å². The van der Waals surface area contributed by atoms with Crippen LogP contribution in [0.25, 0.3) is 5.69 Å². The van der Waals surface area contributed by atoms with Crippen LogP contribution in [0.4, 0.5) is 5.69 Å². The Kier molecular flexibility index (Phi) is 9.27. The second-order valence-corrected chi connectivity index (χ2v) is 13.1. The van der Waals surface area contributed by atoms with E-state index in [-0.39, 0.29) is 35.5 Å². The van der Waals surface area contributed by atoms with Gasteiger partial charge in [0.1, 0.15) is 0 Å². The molecular weight excluding hydrogens is 635 g/mol. The lowest BCUT2D eigenvalue weighted by Crippen LogP contribution is -2.28. The number of thiophene rings is 1. The van der Waals surface area contributed by atoms with Crippen molar-refractivity contribution in [2.75, 3.05) is 5.75 Å². The first-order chi connectivity index (χ1) is 22.7. The molecule has 6 rings (SSSR count). The van der Waals surface area contributed by atoms with E-state index in [1.54, 1.807) is 16.3 Å². The standard InChI is InChI=1S/C34H31N7O4S2/c1-21-7-10-24(11-8-21)29-18-27(30-5-4-16-46-30)38-40(29)32(42)20-47-34-37-36-31(39(34)28-17-22(2)6-9-23(28)3)19-35-33(43)25-12-14-26(15-13-25)41(44)45/h4-17,29H,18-20H2,1-3H3,(H,35,43)/t29-/m0/s1. The molecule has 0 spiro atoms. The van der Waals surface area contributed by atoms with Gasteiger partial charge in [0.05, 0.1) is 39.5 Å². The molecule has 2 amide bonds. The van der Waals surface area contributed by atoms with E-state index in [0.717, 1.165) is 38.5 Å². The third-order valence-electron chi connectivity index (χ3n) is 7.81. The Labute approximate surface area is 279 Å². The summed E-state index contributed by atoms with van der Waals surface area (Å²) in [6.45, 7) is 6.04. The number of nitrogens with zero attached hydrogens (tertiary/aromatic N) is 6. The second kappa shape index (κ2) is 13.7. The number of benzene rings is 3. The van der Waals surface area contributed by atoms with Gasteiger partial charge in [0.2, 0.25) is 0 Å². The molecule has 47 heavy (non-hydrogen) atoms. The quantitative estimate of drug-likeness (QED) is 0.101. The predicted molar refractivity (Wildman–Crippen MR) is 182 cm³/mol. The van der Waals surface area contributed by atoms with Crippen molar-refractivity contribution in [1.82, 2.24) is 25.1 Å². The Morgan fingerprint density at radius 1 is 1.00 bits per heavy atom. The van der Waals surface area contributed by atoms with Gasteiger partial charge < -0.3 is 5.32 Å². The van der Waals surface area contributed by atoms with Gasteiger partial charge in [-0.05, 0) is 67.1 Å². The zero-order chi connectivity index (χ0) is 33.1. The van der Waals surface area contributed by atoms with Crippen molar-refractivity contribution in [2.45, 2.75) is 44.9 Å². The Balaban J connectivity index is 1.24. The number of amides is 2. The van der Waals surface area contributed by atoms with Crippen LogP contribution in [0, 0.1) is 30.9 Å². The van der Waals surface area contributed by atoms with E-state index >= 15 is 0 Å². The molecule has 238 valence electrons. The molecule has 0 saturated heterocycles. The van der Waals surface area contributed by atoms with Crippen LogP contribution >= 0.6 is 23.1 Å². The number of hydrogen-bond donors (Lipinski definition) is 1. The molecule has 0 bridgehead atoms. The van der Waals surface area contributed by atoms with Crippen LogP contribution in [0.3, 0.4) is 0 Å². The maximum absolute atomic E-state index is 13.8. The molecule has 13 heteroatoms. The lowest BCUT2D eigenvalue weighted by atomic mass is 10.00. The van der Waals surface area contributed by atoms with Gasteiger partial charge in [-0.3, -0.25) is 24.3 Å². The lowest BCUT2D eigenvalue weighted by molar-refractivity contribution is -0.384. The van der Waals surface area contributed by atoms with E-state index in [4.69, 9.17) is 5.10 Å². The van der Waals surface area contributed by atoms with Crippen LogP contribution in [0.15, 0.2) is 94.5 Å². The highest BCUT2D eigenvalue weighted by molar-refractivity contribution is 7.99. The van der Waals surface area contributed by atoms with Crippen LogP contribution in [-0.2, 0) is 11.3 Å². The summed E-state index contributed by atoms with van der Waals surface area (Å²) in [7, 11) is 0. The summed E-state index contributed by atoms with van der Waals surface area (Å²) in [5.41, 5.74) is 6.06. The van der Waals surface area contributed by atoms with Gasteiger partial charge in [-0.1, -0.05) is 59.8 Å². The molecular formula is C34H31N7O4S2. The number of carbonyl (C=O) groups excluding carboxylic acids is 2. The van der Waals surface area contributed by atoms with Gasteiger partial charge in [0.25, 0.3) is 17.5 Å². The molecule has 0 unspecified atom stereocenters. The van der Waals surface area contributed by atoms with Gasteiger partial charge in [0, 0.05) is 24.1 Å². The molecule has 1 aliphatic heterocycles. The third-order valence-corrected chi connectivity index (χ3v) is 9.64. The number of carbonyl (C=O) groups is 2. The number of aryl methyl sites for hydroxylation is 3. The van der Waals surface area contributed by atoms with Gasteiger partial charge >= 0.3 is 0 Å². The highest BCUT2D eigenvalue weighted by Gasteiger charge is 2.33. The fraction of sp³-hybridized carbons (Fsp3) is 0.206. The summed E-state index contributed by atoms with van der Waals surface area (Å²) in [5.74, 6) is -0.0199. The van der Waals surface area contributed by atoms with Gasteiger partial charge in [0.15, 0.2) is 11.0 Å². The second-order valence-electron chi connectivity index (χ2n) is 11.2. The average molecular weight is 666 g/mol. The Morgan fingerprint density at radius 3 is 2.45 bits per heavy atom. The molecule has 0 fully saturated rings. The lowest BCUT2D eigenvalue weighted by Gasteiger charge is -2.22. The SMILES string of the molecule is Cc1ccc([C@@H]2CC(c3cccs3)=NN2C(=O)CSc2nnc(CNC(=O)c3ccc([N+](=O)[O-])cc3)n2-c2cc(C)ccc2C)cc1. The zero-order valence-electron chi connectivity index (χ0n) is 25.9. The minimum Gasteiger partial charge on any atom is -0.345 e. The summed E-state index contributed by atoms with van der Waals surface area (Å²) < 4.78 is 1.86. The van der Waals surface area contributed by atoms with Gasteiger partial charge in [-0.2, -0.15) is 5.10 Å². The van der Waals surface area contributed by atoms with E-state index in [1.807, 2.05) is 73.2 Å². The van der Waals surface area contributed by atoms with E-state index in [1.165, 1.54) is 36.0 Å². The number of hydrazone groups is 1. The summed E-state index contributed by atoms with van der Waals surface area (Å²) >= 11 is 2.86. The monoisotopic (exact) mass is 665 g/mol. The molecule has 1 aliphatic rings. The maximum Gasteiger partial charge on any atom is 0.269 e. The molecule has 3 heterocycles. The number of rotatable bonds is 10. The zero-order valence-corrected chi connectivity index (χ0v) is 27.5. The van der Waals surface area contributed by atoms with Crippen LogP contribution in [0.5, 0.6) is 0 Å². The van der Waals surface area contributed by atoms with Crippen molar-refractivity contribution < 1.29 is 14.5 Å². The van der Waals surface area contributed by atoms with Crippen LogP contribution in [-0.4, -0.2) is 48.0 Å². The number of nitro groups is 1. The van der Waals surface area contributed by atoms with Crippen molar-refractivity contribution in [1.29, 1.82) is 0 Å². The van der Waals surface area contributed by atoms with Gasteiger partial charge in [-0.25, -0.2) is 5.01 Å². The van der Waals surface area contributed by atoms with E-state index in [9.17, 15) is 19.7 Å². The minimum absolute atomic E-state index is 0.0425. The largest absolute Gasteiger partial charge is 0.345 e. The van der Waals surface area contributed by atoms with E-state index in [2.05, 4.69) is 27.6 Å². The Bertz CT molecular complexity index is 1970. The topological polar surface area (TPSA) is 136 Å². The molecule has 1 atom stereocenters. The molecule has 5 aromatic rings. The maximum atomic E-state index is 13.8. The fourth-order valence-electron chi connectivity index (χ4n) is 5.28. The van der Waals surface area contributed by atoms with Crippen LogP contribution < -0.4 is 5.32 Å². The van der Waals surface area contributed by atoms with Crippen molar-refractivity contribution in [2.24, 2.45) is 5.10 Å². The fourth-order valence-corrected chi connectivity index (χ4v) is 6.82. The van der Waals surface area contributed by atoms with Crippen molar-refractivity contribution in [3.63, 3.8) is 0 Å². The van der Waals surface area contributed by atoms with Crippen molar-refractivity contribution in [3.05, 3.63) is 133 Å². The molecule has 1 N–H and O–H groups in total. The third kappa shape index (κ3) is 7.00. The number of nitro benzene ring substituents is 1. The predicted octanol–water partition coefficient (Wildman–Crippen LogP) is 6.56. The first kappa shape index (κ1) is 31.8. The number of aromatic nitrogens is 3. The summed E-state index contributed by atoms with van der Waals surface area (Å²) in [5, 5.41) is 31.6. The average Bonchev–Trinajstić information content (AvgIpc) is 3.84. The summed E-state index contributed by atoms with van der Waals surface area (Å²) in [6, 6.07) is 23.4. The smallest absolute Gasteiger partial charge is 0.269 e. The van der Waals surface area contributed by atoms with Gasteiger partial charge in [-0.15, -0.1) is 21.5 Å². The van der Waals surface area contributed by atoms with E-state index in [0.29, 0.717) is 17.4 Å². The molecule has 11 nitrogen and oxygen atoms in total. The highest BCUT2D eigenvalue weighted by atomic mass is 32.2. The molecule has 3 aromatic carbocycles. The number of hydrogen-bond acceptors (Lipinski definition) is 9. The number of thioether (sulfide) groups is 1. The number of nitrogens with one attached hydrogen (secondary N) is 1. The molecule has 0 radical (unpaired) electrons. The molecule has 2 aromatic heterocycles. The van der Waals surface area contributed by atoms with Crippen LogP contribution in [0.2, 0.25) is 0 Å². The van der Waals surface area contributed by atoms with E-state index < -0.39 is 10.8 Å². The molecule has 0 aliphatic carbocycles. The summed E-state index contributed by atoms with van der Waals surface area (Å²) in [4.78, 5) is 38.3. The summed E-state index contributed by atoms with van der Waals surface area (Å²) in [6.07, 6.45) is 0.622. The van der Waals surface area contributed by atoms with Crippen molar-refractivity contribution in [3.8, 4) is 5.69 Å².